The SMILES string of the molecule is CC[C@H]1OC(=O)[C@H](C)[C@@H](C2C[C@@](C)(OC)[C@@H](O)[C@H](C)O2)[C@H](C)[C@@H](O[C@@H]2O[C@H](C)C[C@H](N(C)CCc3cn(-c4ccc(Cn5cc(CCO)nn5)cc4)nn3)[C@H]2O)[C@](C)(O)C[C@@H](C)CN(C)[C@H](C)[C@@H](O)[C@]1(C)O. The van der Waals surface area contributed by atoms with E-state index in [9.17, 15) is 35.4 Å². The Labute approximate surface area is 425 Å². The van der Waals surface area contributed by atoms with E-state index in [0.717, 1.165) is 22.6 Å². The molecule has 2 aromatic heterocycles. The summed E-state index contributed by atoms with van der Waals surface area (Å²) in [6.45, 7) is 19.5. The van der Waals surface area contributed by atoms with Crippen molar-refractivity contribution in [3.8, 4) is 5.69 Å². The van der Waals surface area contributed by atoms with Crippen molar-refractivity contribution >= 4 is 5.97 Å². The lowest BCUT2D eigenvalue weighted by atomic mass is 9.68. The van der Waals surface area contributed by atoms with Gasteiger partial charge >= 0.3 is 5.97 Å². The van der Waals surface area contributed by atoms with Crippen molar-refractivity contribution in [3.05, 3.63) is 53.6 Å². The summed E-state index contributed by atoms with van der Waals surface area (Å²) in [5, 5.41) is 86.4. The largest absolute Gasteiger partial charge is 0.459 e. The lowest BCUT2D eigenvalue weighted by Gasteiger charge is -2.51. The van der Waals surface area contributed by atoms with Gasteiger partial charge in [0.1, 0.15) is 30.0 Å². The highest BCUT2D eigenvalue weighted by Crippen LogP contribution is 2.45. The van der Waals surface area contributed by atoms with Gasteiger partial charge in [0.2, 0.25) is 0 Å². The molecule has 72 heavy (non-hydrogen) atoms. The molecule has 0 bridgehead atoms. The zero-order valence-electron chi connectivity index (χ0n) is 44.9. The van der Waals surface area contributed by atoms with Crippen LogP contribution in [0.4, 0.5) is 0 Å². The molecular formula is C52H86N8O12. The van der Waals surface area contributed by atoms with E-state index in [4.69, 9.17) is 23.7 Å². The Morgan fingerprint density at radius 2 is 1.57 bits per heavy atom. The van der Waals surface area contributed by atoms with E-state index in [1.54, 1.807) is 37.1 Å². The lowest BCUT2D eigenvalue weighted by molar-refractivity contribution is -0.302. The minimum Gasteiger partial charge on any atom is -0.459 e. The lowest BCUT2D eigenvalue weighted by Crippen LogP contribution is -2.62. The molecule has 3 aliphatic heterocycles. The number of hydrogen-bond donors (Lipinski definition) is 6. The third-order valence-corrected chi connectivity index (χ3v) is 16.2. The molecule has 3 fully saturated rings. The normalized spacial score (nSPS) is 39.1. The predicted molar refractivity (Wildman–Crippen MR) is 267 cm³/mol. The molecule has 5 heterocycles. The van der Waals surface area contributed by atoms with Crippen LogP contribution < -0.4 is 0 Å². The summed E-state index contributed by atoms with van der Waals surface area (Å²) in [5.41, 5.74) is -1.10. The molecule has 1 aromatic carbocycles. The number of ether oxygens (including phenoxy) is 5. The fraction of sp³-hybridized carbons (Fsp3) is 0.788. The predicted octanol–water partition coefficient (Wildman–Crippen LogP) is 2.54. The number of carbonyl (C=O) groups excluding carboxylic acids is 1. The van der Waals surface area contributed by atoms with Gasteiger partial charge in [-0.25, -0.2) is 9.36 Å². The molecule has 6 N–H and O–H groups in total. The number of rotatable bonds is 14. The van der Waals surface area contributed by atoms with E-state index in [0.29, 0.717) is 38.9 Å². The maximum absolute atomic E-state index is 14.6. The molecule has 6 rings (SSSR count). The first kappa shape index (κ1) is 57.8. The van der Waals surface area contributed by atoms with Crippen LogP contribution in [0.1, 0.15) is 112 Å². The molecule has 0 spiro atoms. The van der Waals surface area contributed by atoms with Crippen molar-refractivity contribution in [1.29, 1.82) is 0 Å². The van der Waals surface area contributed by atoms with Crippen LogP contribution in [0.3, 0.4) is 0 Å². The molecule has 1 unspecified atom stereocenters. The molecule has 3 aromatic rings. The number of nitrogens with zero attached hydrogens (tertiary/aromatic N) is 8. The summed E-state index contributed by atoms with van der Waals surface area (Å²) in [5.74, 6) is -3.15. The quantitative estimate of drug-likeness (QED) is 0.127. The van der Waals surface area contributed by atoms with Crippen LogP contribution in [0.5, 0.6) is 0 Å². The molecule has 0 saturated carbocycles. The highest BCUT2D eigenvalue weighted by molar-refractivity contribution is 5.73. The van der Waals surface area contributed by atoms with Gasteiger partial charge in [0, 0.05) is 70.3 Å². The second kappa shape index (κ2) is 24.0. The Hall–Kier alpha value is -3.51. The maximum atomic E-state index is 14.6. The van der Waals surface area contributed by atoms with Gasteiger partial charge in [-0.1, -0.05) is 50.3 Å². The summed E-state index contributed by atoms with van der Waals surface area (Å²) in [6, 6.07) is 6.95. The van der Waals surface area contributed by atoms with Crippen molar-refractivity contribution < 1.29 is 59.1 Å². The zero-order valence-corrected chi connectivity index (χ0v) is 44.9. The number of carbonyl (C=O) groups is 1. The Morgan fingerprint density at radius 3 is 2.22 bits per heavy atom. The molecule has 0 amide bonds. The second-order valence-electron chi connectivity index (χ2n) is 22.2. The molecule has 18 atom stereocenters. The molecule has 0 aliphatic carbocycles. The molecule has 0 radical (unpaired) electrons. The number of aliphatic hydroxyl groups is 6. The number of esters is 1. The molecular weight excluding hydrogens is 929 g/mol. The number of hydrogen-bond acceptors (Lipinski definition) is 18. The third-order valence-electron chi connectivity index (χ3n) is 16.2. The van der Waals surface area contributed by atoms with Crippen LogP contribution >= 0.6 is 0 Å². The first-order valence-electron chi connectivity index (χ1n) is 26.0. The van der Waals surface area contributed by atoms with Crippen LogP contribution in [0, 0.1) is 23.7 Å². The van der Waals surface area contributed by atoms with Gasteiger partial charge in [0.15, 0.2) is 6.29 Å². The molecule has 406 valence electrons. The standard InChI is InChI=1S/C52H86N8O12/c1-14-42-52(10,67)45(63)34(6)58(12)26-30(2)24-50(8,66)47(32(4)43(33(5)48(65)71-42)41-25-51(9,68-13)46(64)35(7)70-41)72-49-44(62)40(23-31(3)69-49)57(11)21-19-37-29-60(56-54-37)39-17-15-36(16-18-39)27-59-28-38(20-22-61)53-55-59/h15-18,28-35,40-47,49,61-64,66-67H,14,19-27H2,1-13H3/t30-,31-,32+,33-,34-,35+,40+,41?,42-,43+,44-,45-,46+,47-,49+,50-,51-,52-/m1/s1. The first-order chi connectivity index (χ1) is 33.8. The zero-order chi connectivity index (χ0) is 53.0. The number of aliphatic hydroxyl groups excluding tert-OH is 4. The van der Waals surface area contributed by atoms with Gasteiger partial charge in [-0.15, -0.1) is 10.2 Å². The number of methoxy groups -OCH3 is 1. The van der Waals surface area contributed by atoms with Crippen LogP contribution in [0.15, 0.2) is 36.7 Å². The van der Waals surface area contributed by atoms with E-state index >= 15 is 0 Å². The van der Waals surface area contributed by atoms with Gasteiger partial charge in [-0.05, 0) is 104 Å². The molecule has 3 saturated heterocycles. The Balaban J connectivity index is 1.25. The van der Waals surface area contributed by atoms with Gasteiger partial charge in [0.25, 0.3) is 0 Å². The number of cyclic esters (lactones) is 1. The average Bonchev–Trinajstić information content (AvgIpc) is 4.00. The van der Waals surface area contributed by atoms with Crippen molar-refractivity contribution in [2.45, 2.75) is 198 Å². The second-order valence-corrected chi connectivity index (χ2v) is 22.2. The Kier molecular flexibility index (Phi) is 19.3. The summed E-state index contributed by atoms with van der Waals surface area (Å²) in [4.78, 5) is 18.6. The minimum atomic E-state index is -1.82. The highest BCUT2D eigenvalue weighted by atomic mass is 16.7. The summed E-state index contributed by atoms with van der Waals surface area (Å²) >= 11 is 0. The maximum Gasteiger partial charge on any atom is 0.309 e. The first-order valence-corrected chi connectivity index (χ1v) is 26.0. The summed E-state index contributed by atoms with van der Waals surface area (Å²) in [7, 11) is 5.33. The van der Waals surface area contributed by atoms with E-state index in [-0.39, 0.29) is 37.9 Å². The van der Waals surface area contributed by atoms with Crippen LogP contribution in [0.2, 0.25) is 0 Å². The third kappa shape index (κ3) is 13.1. The van der Waals surface area contributed by atoms with Gasteiger partial charge in [-0.2, -0.15) is 0 Å². The molecule has 20 nitrogen and oxygen atoms in total. The number of benzene rings is 1. The number of aromatic nitrogens is 6. The fourth-order valence-corrected chi connectivity index (χ4v) is 11.8. The van der Waals surface area contributed by atoms with Gasteiger partial charge < -0.3 is 64.1 Å². The topological polar surface area (TPSA) is 252 Å². The van der Waals surface area contributed by atoms with E-state index in [1.807, 2.05) is 90.3 Å². The average molecular weight is 1020 g/mol. The summed E-state index contributed by atoms with van der Waals surface area (Å²) in [6.07, 6.45) is -2.68. The fourth-order valence-electron chi connectivity index (χ4n) is 11.8. The van der Waals surface area contributed by atoms with Crippen molar-refractivity contribution in [2.75, 3.05) is 40.9 Å². The minimum absolute atomic E-state index is 0.0184. The van der Waals surface area contributed by atoms with E-state index in [2.05, 4.69) is 25.5 Å². The van der Waals surface area contributed by atoms with Gasteiger partial charge in [0.05, 0.1) is 71.4 Å². The highest BCUT2D eigenvalue weighted by Gasteiger charge is 2.55. The van der Waals surface area contributed by atoms with Crippen molar-refractivity contribution in [3.63, 3.8) is 0 Å². The van der Waals surface area contributed by atoms with E-state index < -0.39 is 102 Å². The van der Waals surface area contributed by atoms with Crippen LogP contribution in [-0.4, -0.2) is 201 Å². The monoisotopic (exact) mass is 1010 g/mol. The van der Waals surface area contributed by atoms with E-state index in [1.165, 1.54) is 14.0 Å². The Morgan fingerprint density at radius 1 is 0.903 bits per heavy atom. The smallest absolute Gasteiger partial charge is 0.309 e. The van der Waals surface area contributed by atoms with Crippen LogP contribution in [-0.2, 0) is 47.9 Å². The summed E-state index contributed by atoms with van der Waals surface area (Å²) < 4.78 is 35.7. The van der Waals surface area contributed by atoms with Crippen molar-refractivity contribution in [1.82, 2.24) is 39.8 Å². The number of likely N-dealkylation sites (N-methyl/N-ethyl adjacent to an activating group) is 2. The Bertz CT molecular complexity index is 2180. The van der Waals surface area contributed by atoms with Crippen molar-refractivity contribution in [2.24, 2.45) is 23.7 Å². The van der Waals surface area contributed by atoms with Crippen LogP contribution in [0.25, 0.3) is 5.69 Å². The van der Waals surface area contributed by atoms with Gasteiger partial charge in [-0.3, -0.25) is 4.79 Å². The molecule has 20 heteroatoms. The molecule has 3 aliphatic rings.